The topological polar surface area (TPSA) is 101 Å². The van der Waals surface area contributed by atoms with Crippen molar-refractivity contribution in [1.29, 1.82) is 5.41 Å². The van der Waals surface area contributed by atoms with Crippen molar-refractivity contribution in [3.63, 3.8) is 0 Å². The van der Waals surface area contributed by atoms with Crippen molar-refractivity contribution in [2.75, 3.05) is 6.54 Å². The maximum Gasteiger partial charge on any atom is 0.149 e. The van der Waals surface area contributed by atoms with Gasteiger partial charge in [0.05, 0.1) is 0 Å². The first-order valence-electron chi connectivity index (χ1n) is 6.90. The second-order valence-corrected chi connectivity index (χ2v) is 5.54. The second kappa shape index (κ2) is 10.00. The molecule has 1 unspecified atom stereocenters. The Morgan fingerprint density at radius 3 is 2.28 bits per heavy atom. The van der Waals surface area contributed by atoms with Crippen molar-refractivity contribution in [2.24, 2.45) is 39.7 Å². The summed E-state index contributed by atoms with van der Waals surface area (Å²) in [5.74, 6) is 6.61. The first kappa shape index (κ1) is 17.0. The van der Waals surface area contributed by atoms with Crippen molar-refractivity contribution in [2.45, 2.75) is 52.9 Å². The van der Waals surface area contributed by atoms with Gasteiger partial charge in [-0.05, 0) is 24.7 Å². The number of nitrogens with zero attached hydrogens (tertiary/aromatic N) is 2. The molecule has 0 fully saturated rings. The van der Waals surface area contributed by atoms with E-state index >= 15 is 0 Å². The van der Waals surface area contributed by atoms with Crippen LogP contribution in [0.1, 0.15) is 52.9 Å². The van der Waals surface area contributed by atoms with Crippen LogP contribution in [0.3, 0.4) is 0 Å². The van der Waals surface area contributed by atoms with Crippen LogP contribution in [0.2, 0.25) is 0 Å². The van der Waals surface area contributed by atoms with Crippen LogP contribution in [0.5, 0.6) is 0 Å². The lowest BCUT2D eigenvalue weighted by molar-refractivity contribution is 0.409. The molecular weight excluding hydrogens is 226 g/mol. The van der Waals surface area contributed by atoms with Crippen LogP contribution in [0.25, 0.3) is 0 Å². The van der Waals surface area contributed by atoms with E-state index in [1.807, 2.05) is 0 Å². The highest BCUT2D eigenvalue weighted by molar-refractivity contribution is 5.81. The number of hydrogen-bond donors (Lipinski definition) is 3. The van der Waals surface area contributed by atoms with Gasteiger partial charge in [0.15, 0.2) is 0 Å². The molecule has 0 saturated heterocycles. The zero-order chi connectivity index (χ0) is 14.0. The van der Waals surface area contributed by atoms with Gasteiger partial charge in [-0.1, -0.05) is 45.3 Å². The fraction of sp³-hybridized carbons (Fsp3) is 0.923. The Kier molecular flexibility index (Phi) is 9.46. The van der Waals surface area contributed by atoms with Crippen LogP contribution in [-0.4, -0.2) is 12.4 Å². The lowest BCUT2D eigenvalue weighted by atomic mass is 9.92. The molecule has 0 aromatic rings. The zero-order valence-electron chi connectivity index (χ0n) is 12.0. The van der Waals surface area contributed by atoms with Gasteiger partial charge < -0.3 is 11.6 Å². The second-order valence-electron chi connectivity index (χ2n) is 5.54. The molecule has 0 heterocycles. The summed E-state index contributed by atoms with van der Waals surface area (Å²) in [6, 6.07) is 0. The molecule has 0 amide bonds. The Morgan fingerprint density at radius 1 is 1.11 bits per heavy atom. The fourth-order valence-electron chi connectivity index (χ4n) is 2.01. The lowest BCUT2D eigenvalue weighted by Crippen LogP contribution is -2.22. The number of amidine groups is 1. The van der Waals surface area contributed by atoms with Crippen molar-refractivity contribution >= 4 is 5.84 Å². The largest absolute Gasteiger partial charge is 0.330 e. The van der Waals surface area contributed by atoms with Crippen LogP contribution in [-0.2, 0) is 0 Å². The van der Waals surface area contributed by atoms with Gasteiger partial charge in [-0.25, -0.2) is 0 Å². The maximum absolute atomic E-state index is 7.66. The van der Waals surface area contributed by atoms with Crippen LogP contribution in [0, 0.1) is 23.2 Å². The third-order valence-corrected chi connectivity index (χ3v) is 3.32. The molecule has 5 N–H and O–H groups in total. The molecule has 0 radical (unpaired) electrons. The minimum absolute atomic E-state index is 0.00940. The molecule has 5 heteroatoms. The molecule has 106 valence electrons. The minimum Gasteiger partial charge on any atom is -0.330 e. The van der Waals surface area contributed by atoms with E-state index in [0.717, 1.165) is 18.8 Å². The summed E-state index contributed by atoms with van der Waals surface area (Å²) in [7, 11) is 0. The van der Waals surface area contributed by atoms with Gasteiger partial charge in [-0.2, -0.15) is 0 Å². The van der Waals surface area contributed by atoms with E-state index in [1.54, 1.807) is 0 Å². The SMILES string of the molecule is CC(C)CCC[C@@H](C)CCC(CN)C(=N)N=NN. The van der Waals surface area contributed by atoms with Gasteiger partial charge in [0.1, 0.15) is 5.84 Å². The van der Waals surface area contributed by atoms with Gasteiger partial charge >= 0.3 is 0 Å². The molecule has 0 aromatic carbocycles. The van der Waals surface area contributed by atoms with Crippen LogP contribution < -0.4 is 11.6 Å². The molecular formula is C13H29N5. The number of nitrogens with one attached hydrogen (secondary N) is 1. The Hall–Kier alpha value is -0.970. The Morgan fingerprint density at radius 2 is 1.78 bits per heavy atom. The summed E-state index contributed by atoms with van der Waals surface area (Å²) in [5, 5.41) is 14.4. The first-order chi connectivity index (χ1) is 8.51. The molecule has 5 nitrogen and oxygen atoms in total. The van der Waals surface area contributed by atoms with E-state index in [9.17, 15) is 0 Å². The van der Waals surface area contributed by atoms with E-state index < -0.39 is 0 Å². The maximum atomic E-state index is 7.66. The predicted octanol–water partition coefficient (Wildman–Crippen LogP) is 3.11. The summed E-state index contributed by atoms with van der Waals surface area (Å²) in [6.45, 7) is 7.22. The monoisotopic (exact) mass is 255 g/mol. The predicted molar refractivity (Wildman–Crippen MR) is 76.4 cm³/mol. The summed E-state index contributed by atoms with van der Waals surface area (Å²) >= 11 is 0. The van der Waals surface area contributed by atoms with Crippen LogP contribution >= 0.6 is 0 Å². The number of nitrogens with two attached hydrogens (primary N) is 2. The number of rotatable bonds is 9. The summed E-state index contributed by atoms with van der Waals surface area (Å²) in [5.41, 5.74) is 5.65. The molecule has 0 aliphatic rings. The third-order valence-electron chi connectivity index (χ3n) is 3.32. The molecule has 0 aliphatic carbocycles. The first-order valence-corrected chi connectivity index (χ1v) is 6.90. The highest BCUT2D eigenvalue weighted by atomic mass is 15.3. The van der Waals surface area contributed by atoms with Crippen molar-refractivity contribution in [1.82, 2.24) is 0 Å². The van der Waals surface area contributed by atoms with E-state index in [1.165, 1.54) is 19.3 Å². The molecule has 0 saturated carbocycles. The molecule has 0 spiro atoms. The summed E-state index contributed by atoms with van der Waals surface area (Å²) < 4.78 is 0. The van der Waals surface area contributed by atoms with Crippen molar-refractivity contribution in [3.8, 4) is 0 Å². The average molecular weight is 255 g/mol. The zero-order valence-corrected chi connectivity index (χ0v) is 12.0. The summed E-state index contributed by atoms with van der Waals surface area (Å²) in [4.78, 5) is 0. The van der Waals surface area contributed by atoms with Crippen molar-refractivity contribution < 1.29 is 0 Å². The van der Waals surface area contributed by atoms with Crippen LogP contribution in [0.15, 0.2) is 10.3 Å². The van der Waals surface area contributed by atoms with Gasteiger partial charge in [-0.15, -0.1) is 5.11 Å². The number of hydrogen-bond acceptors (Lipinski definition) is 3. The molecule has 0 aliphatic heterocycles. The van der Waals surface area contributed by atoms with E-state index in [2.05, 4.69) is 31.1 Å². The Balaban J connectivity index is 3.87. The smallest absolute Gasteiger partial charge is 0.149 e. The minimum atomic E-state index is -0.00940. The average Bonchev–Trinajstić information content (AvgIpc) is 2.29. The van der Waals surface area contributed by atoms with Gasteiger partial charge in [0.2, 0.25) is 0 Å². The highest BCUT2D eigenvalue weighted by Crippen LogP contribution is 2.19. The molecule has 0 aromatic heterocycles. The lowest BCUT2D eigenvalue weighted by Gasteiger charge is -2.16. The van der Waals surface area contributed by atoms with E-state index in [-0.39, 0.29) is 11.8 Å². The quantitative estimate of drug-likeness (QED) is 0.194. The van der Waals surface area contributed by atoms with E-state index in [4.69, 9.17) is 17.0 Å². The Bertz CT molecular complexity index is 250. The highest BCUT2D eigenvalue weighted by Gasteiger charge is 2.14. The van der Waals surface area contributed by atoms with Crippen LogP contribution in [0.4, 0.5) is 0 Å². The summed E-state index contributed by atoms with van der Waals surface area (Å²) in [6.07, 6.45) is 5.81. The fourth-order valence-corrected chi connectivity index (χ4v) is 2.01. The van der Waals surface area contributed by atoms with Gasteiger partial charge in [-0.3, -0.25) is 5.41 Å². The standard InChI is InChI=1S/C13H29N5/c1-10(2)5-4-6-11(3)7-8-12(9-14)13(15)17-18-16/h10-12H,4-9,14H2,1-3H3,(H3,15,16,17)/t11-,12?/m1/s1. The Labute approximate surface area is 111 Å². The normalized spacial score (nSPS) is 15.2. The van der Waals surface area contributed by atoms with Crippen molar-refractivity contribution in [3.05, 3.63) is 0 Å². The molecule has 2 atom stereocenters. The molecule has 0 bridgehead atoms. The molecule has 18 heavy (non-hydrogen) atoms. The third kappa shape index (κ3) is 8.17. The van der Waals surface area contributed by atoms with E-state index in [0.29, 0.717) is 12.5 Å². The molecule has 0 rings (SSSR count). The van der Waals surface area contributed by atoms with Gasteiger partial charge in [0, 0.05) is 12.5 Å². The van der Waals surface area contributed by atoms with Gasteiger partial charge in [0.25, 0.3) is 0 Å².